The number of anilines is 1. The third-order valence-corrected chi connectivity index (χ3v) is 7.41. The number of carbonyl (C=O) groups excluding carboxylic acids is 2. The van der Waals surface area contributed by atoms with Crippen LogP contribution in [0, 0.1) is 0 Å². The van der Waals surface area contributed by atoms with E-state index in [1.165, 1.54) is 22.5 Å². The van der Waals surface area contributed by atoms with Crippen molar-refractivity contribution in [1.29, 1.82) is 0 Å². The van der Waals surface area contributed by atoms with E-state index in [1.54, 1.807) is 0 Å². The quantitative estimate of drug-likeness (QED) is 0.786. The molecular formula is C24H28N2O4S. The summed E-state index contributed by atoms with van der Waals surface area (Å²) in [6.45, 7) is 4.45. The minimum Gasteiger partial charge on any atom is -0.381 e. The zero-order valence-corrected chi connectivity index (χ0v) is 18.6. The number of thiophene rings is 1. The van der Waals surface area contributed by atoms with Crippen LogP contribution >= 0.6 is 11.3 Å². The highest BCUT2D eigenvalue weighted by Crippen LogP contribution is 2.34. The second kappa shape index (κ2) is 8.37. The second-order valence-corrected chi connectivity index (χ2v) is 9.78. The summed E-state index contributed by atoms with van der Waals surface area (Å²) < 4.78 is 11.8. The highest BCUT2D eigenvalue weighted by Gasteiger charge is 2.42. The molecule has 1 aromatic heterocycles. The lowest BCUT2D eigenvalue weighted by atomic mass is 9.91. The van der Waals surface area contributed by atoms with Crippen molar-refractivity contribution in [1.82, 2.24) is 4.90 Å². The molecule has 7 heteroatoms. The van der Waals surface area contributed by atoms with E-state index >= 15 is 0 Å². The molecule has 2 saturated heterocycles. The number of amides is 2. The van der Waals surface area contributed by atoms with Crippen molar-refractivity contribution < 1.29 is 19.1 Å². The summed E-state index contributed by atoms with van der Waals surface area (Å²) in [5.41, 5.74) is 3.48. The molecule has 0 radical (unpaired) electrons. The predicted molar refractivity (Wildman–Crippen MR) is 120 cm³/mol. The molecule has 6 nitrogen and oxygen atoms in total. The normalized spacial score (nSPS) is 22.4. The Morgan fingerprint density at radius 2 is 1.97 bits per heavy atom. The highest BCUT2D eigenvalue weighted by atomic mass is 32.1. The van der Waals surface area contributed by atoms with Gasteiger partial charge in [0.1, 0.15) is 5.00 Å². The molecule has 1 atom stereocenters. The largest absolute Gasteiger partial charge is 0.381 e. The fraction of sp³-hybridized carbons (Fsp3) is 0.500. The van der Waals surface area contributed by atoms with Gasteiger partial charge in [-0.25, -0.2) is 0 Å². The standard InChI is InChI=1S/C24H28N2O4S/c1-16-14-26(15-24(30-16)8-10-29-11-9-24)23(28)20-7-12-31-22(20)25-21(27)19-6-5-17-3-2-4-18(17)13-19/h5-7,12-13,16H,2-4,8-11,14-15H2,1H3,(H,25,27). The Kier molecular flexibility index (Phi) is 5.58. The van der Waals surface area contributed by atoms with Gasteiger partial charge < -0.3 is 19.7 Å². The molecule has 0 saturated carbocycles. The first-order valence-corrected chi connectivity index (χ1v) is 12.0. The molecule has 1 spiro atoms. The maximum atomic E-state index is 13.4. The number of morpholine rings is 1. The summed E-state index contributed by atoms with van der Waals surface area (Å²) in [5, 5.41) is 5.45. The van der Waals surface area contributed by atoms with Gasteiger partial charge in [0.05, 0.1) is 23.8 Å². The third-order valence-electron chi connectivity index (χ3n) is 6.58. The molecule has 0 bridgehead atoms. The Bertz CT molecular complexity index is 995. The predicted octanol–water partition coefficient (Wildman–Crippen LogP) is 3.90. The van der Waals surface area contributed by atoms with Crippen LogP contribution in [0.15, 0.2) is 29.6 Å². The van der Waals surface area contributed by atoms with Crippen LogP contribution in [0.1, 0.15) is 58.0 Å². The SMILES string of the molecule is CC1CN(C(=O)c2ccsc2NC(=O)c2ccc3c(c2)CCC3)CC2(CCOCC2)O1. The number of hydrogen-bond donors (Lipinski definition) is 1. The Morgan fingerprint density at radius 3 is 2.81 bits per heavy atom. The van der Waals surface area contributed by atoms with Crippen LogP contribution in [0.4, 0.5) is 5.00 Å². The highest BCUT2D eigenvalue weighted by molar-refractivity contribution is 7.14. The molecule has 1 unspecified atom stereocenters. The van der Waals surface area contributed by atoms with Crippen LogP contribution in [0.25, 0.3) is 0 Å². The third kappa shape index (κ3) is 4.14. The molecule has 1 aromatic carbocycles. The van der Waals surface area contributed by atoms with E-state index in [0.717, 1.165) is 32.1 Å². The zero-order valence-electron chi connectivity index (χ0n) is 17.8. The number of hydrogen-bond acceptors (Lipinski definition) is 5. The average molecular weight is 441 g/mol. The van der Waals surface area contributed by atoms with Crippen LogP contribution in [0.3, 0.4) is 0 Å². The van der Waals surface area contributed by atoms with Crippen LogP contribution < -0.4 is 5.32 Å². The Hall–Kier alpha value is -2.22. The Morgan fingerprint density at radius 1 is 1.16 bits per heavy atom. The second-order valence-electron chi connectivity index (χ2n) is 8.86. The van der Waals surface area contributed by atoms with Gasteiger partial charge in [-0.15, -0.1) is 11.3 Å². The number of nitrogens with zero attached hydrogens (tertiary/aromatic N) is 1. The van der Waals surface area contributed by atoms with E-state index < -0.39 is 0 Å². The van der Waals surface area contributed by atoms with E-state index in [9.17, 15) is 9.59 Å². The number of nitrogens with one attached hydrogen (secondary N) is 1. The molecule has 31 heavy (non-hydrogen) atoms. The molecule has 2 fully saturated rings. The molecule has 3 aliphatic rings. The molecule has 3 heterocycles. The van der Waals surface area contributed by atoms with Gasteiger partial charge in [0, 0.05) is 38.2 Å². The lowest BCUT2D eigenvalue weighted by molar-refractivity contribution is -0.176. The van der Waals surface area contributed by atoms with Crippen molar-refractivity contribution in [3.05, 3.63) is 51.9 Å². The van der Waals surface area contributed by atoms with Gasteiger partial charge in [0.15, 0.2) is 0 Å². The van der Waals surface area contributed by atoms with Crippen molar-refractivity contribution in [2.45, 2.75) is 50.7 Å². The van der Waals surface area contributed by atoms with Crippen molar-refractivity contribution in [2.24, 2.45) is 0 Å². The smallest absolute Gasteiger partial charge is 0.257 e. The monoisotopic (exact) mass is 440 g/mol. The summed E-state index contributed by atoms with van der Waals surface area (Å²) in [7, 11) is 0. The summed E-state index contributed by atoms with van der Waals surface area (Å²) in [5.74, 6) is -0.214. The first-order chi connectivity index (χ1) is 15.0. The molecular weight excluding hydrogens is 412 g/mol. The number of aryl methyl sites for hydroxylation is 2. The summed E-state index contributed by atoms with van der Waals surface area (Å²) in [4.78, 5) is 28.2. The number of carbonyl (C=O) groups is 2. The number of benzene rings is 1. The van der Waals surface area contributed by atoms with E-state index in [2.05, 4.69) is 11.4 Å². The van der Waals surface area contributed by atoms with E-state index in [4.69, 9.17) is 9.47 Å². The van der Waals surface area contributed by atoms with Crippen molar-refractivity contribution >= 4 is 28.2 Å². The van der Waals surface area contributed by atoms with Crippen molar-refractivity contribution in [3.63, 3.8) is 0 Å². The topological polar surface area (TPSA) is 67.9 Å². The van der Waals surface area contributed by atoms with Gasteiger partial charge in [0.25, 0.3) is 11.8 Å². The molecule has 2 aliphatic heterocycles. The van der Waals surface area contributed by atoms with Crippen LogP contribution in [0.2, 0.25) is 0 Å². The van der Waals surface area contributed by atoms with Gasteiger partial charge in [0.2, 0.25) is 0 Å². The number of rotatable bonds is 3. The van der Waals surface area contributed by atoms with Gasteiger partial charge >= 0.3 is 0 Å². The summed E-state index contributed by atoms with van der Waals surface area (Å²) in [6.07, 6.45) is 4.83. The Labute approximate surface area is 186 Å². The first kappa shape index (κ1) is 20.7. The molecule has 2 aromatic rings. The maximum Gasteiger partial charge on any atom is 0.257 e. The molecule has 1 aliphatic carbocycles. The van der Waals surface area contributed by atoms with Crippen LogP contribution in [0.5, 0.6) is 0 Å². The number of fused-ring (bicyclic) bond motifs is 1. The molecule has 2 amide bonds. The van der Waals surface area contributed by atoms with Gasteiger partial charge in [-0.2, -0.15) is 0 Å². The van der Waals surface area contributed by atoms with Gasteiger partial charge in [-0.1, -0.05) is 6.07 Å². The fourth-order valence-corrected chi connectivity index (χ4v) is 5.81. The van der Waals surface area contributed by atoms with Gasteiger partial charge in [-0.05, 0) is 60.9 Å². The summed E-state index contributed by atoms with van der Waals surface area (Å²) >= 11 is 1.39. The van der Waals surface area contributed by atoms with E-state index in [0.29, 0.717) is 42.4 Å². The lowest BCUT2D eigenvalue weighted by Crippen LogP contribution is -2.58. The van der Waals surface area contributed by atoms with Crippen molar-refractivity contribution in [3.8, 4) is 0 Å². The van der Waals surface area contributed by atoms with Crippen LogP contribution in [-0.2, 0) is 22.3 Å². The molecule has 164 valence electrons. The first-order valence-electron chi connectivity index (χ1n) is 11.1. The minimum absolute atomic E-state index is 0.0288. The van der Waals surface area contributed by atoms with E-state index in [-0.39, 0.29) is 23.5 Å². The molecule has 5 rings (SSSR count). The lowest BCUT2D eigenvalue weighted by Gasteiger charge is -2.47. The van der Waals surface area contributed by atoms with Crippen LogP contribution in [-0.4, -0.2) is 54.7 Å². The summed E-state index contributed by atoms with van der Waals surface area (Å²) in [6, 6.07) is 7.74. The zero-order chi connectivity index (χ0) is 21.4. The number of ether oxygens (including phenoxy) is 2. The maximum absolute atomic E-state index is 13.4. The van der Waals surface area contributed by atoms with Gasteiger partial charge in [-0.3, -0.25) is 9.59 Å². The molecule has 1 N–H and O–H groups in total. The average Bonchev–Trinajstić information content (AvgIpc) is 3.41. The van der Waals surface area contributed by atoms with E-state index in [1.807, 2.05) is 35.4 Å². The fourth-order valence-electron chi connectivity index (χ4n) is 5.03. The van der Waals surface area contributed by atoms with Crippen molar-refractivity contribution in [2.75, 3.05) is 31.6 Å². The Balaban J connectivity index is 1.32. The minimum atomic E-state index is -0.324.